The molecule has 14 nitrogen and oxygen atoms in total. The first-order valence-electron chi connectivity index (χ1n) is 12.2. The average Bonchev–Trinajstić information content (AvgIpc) is 3.62. The Kier molecular flexibility index (Phi) is 7.14. The maximum atomic E-state index is 13.4. The first-order valence-corrected chi connectivity index (χ1v) is 13.1. The number of anilines is 1. The number of hydrogen-bond donors (Lipinski definition) is 5. The summed E-state index contributed by atoms with van der Waals surface area (Å²) in [4.78, 5) is 69.4. The second-order valence-corrected chi connectivity index (χ2v) is 10.5. The summed E-state index contributed by atoms with van der Waals surface area (Å²) in [7, 11) is -1.59. The predicted molar refractivity (Wildman–Crippen MR) is 136 cm³/mol. The Morgan fingerprint density at radius 3 is 2.67 bits per heavy atom. The van der Waals surface area contributed by atoms with E-state index in [2.05, 4.69) is 15.6 Å². The van der Waals surface area contributed by atoms with Gasteiger partial charge < -0.3 is 36.1 Å². The number of urea groups is 1. The van der Waals surface area contributed by atoms with E-state index in [0.29, 0.717) is 18.0 Å². The molecular weight excluding hydrogens is 531 g/mol. The van der Waals surface area contributed by atoms with Crippen LogP contribution >= 0.6 is 11.3 Å². The van der Waals surface area contributed by atoms with Gasteiger partial charge in [-0.25, -0.2) is 14.6 Å². The van der Waals surface area contributed by atoms with Crippen LogP contribution in [0.5, 0.6) is 5.75 Å². The lowest BCUT2D eigenvalue weighted by atomic mass is 9.72. The number of carboxylic acids is 1. The van der Waals surface area contributed by atoms with Gasteiger partial charge in [0.15, 0.2) is 11.2 Å². The van der Waals surface area contributed by atoms with Gasteiger partial charge in [-0.1, -0.05) is 12.1 Å². The third-order valence-electron chi connectivity index (χ3n) is 6.77. The summed E-state index contributed by atoms with van der Waals surface area (Å²) in [6.07, 6.45) is 2.05. The van der Waals surface area contributed by atoms with E-state index >= 15 is 0 Å². The van der Waals surface area contributed by atoms with E-state index in [4.69, 9.17) is 10.4 Å². The van der Waals surface area contributed by atoms with Gasteiger partial charge in [0.1, 0.15) is 5.75 Å². The van der Waals surface area contributed by atoms with E-state index in [-0.39, 0.29) is 41.6 Å². The Morgan fingerprint density at radius 1 is 1.23 bits per heavy atom. The molecule has 0 spiro atoms. The number of nitrogen functional groups attached to an aromatic ring is 1. The number of fused-ring (bicyclic) bond motifs is 1. The van der Waals surface area contributed by atoms with Crippen LogP contribution in [0.1, 0.15) is 40.5 Å². The minimum absolute atomic E-state index is 0.00383. The lowest BCUT2D eigenvalue weighted by molar-refractivity contribution is -0.153. The van der Waals surface area contributed by atoms with Crippen molar-refractivity contribution in [2.24, 2.45) is 5.92 Å². The molecule has 2 fully saturated rings. The smallest absolute Gasteiger partial charge is 0.534 e. The molecule has 2 atom stereocenters. The summed E-state index contributed by atoms with van der Waals surface area (Å²) in [5, 5.41) is 26.6. The molecule has 2 aromatic rings. The van der Waals surface area contributed by atoms with Gasteiger partial charge >= 0.3 is 30.9 Å². The number of imide groups is 1. The topological polar surface area (TPSA) is 204 Å². The second kappa shape index (κ2) is 10.5. The second-order valence-electron chi connectivity index (χ2n) is 9.57. The third kappa shape index (κ3) is 5.51. The van der Waals surface area contributed by atoms with Gasteiger partial charge in [0.25, 0.3) is 0 Å². The number of nitrogens with two attached hydrogens (primary N) is 1. The lowest BCUT2D eigenvalue weighted by Gasteiger charge is -2.33. The third-order valence-corrected chi connectivity index (χ3v) is 7.46. The number of carbonyl (C=O) groups is 5. The maximum Gasteiger partial charge on any atom is 0.547 e. The maximum absolute atomic E-state index is 13.4. The van der Waals surface area contributed by atoms with Crippen molar-refractivity contribution in [1.82, 2.24) is 25.4 Å². The highest BCUT2D eigenvalue weighted by molar-refractivity contribution is 7.13. The molecule has 204 valence electrons. The highest BCUT2D eigenvalue weighted by Crippen LogP contribution is 2.31. The summed E-state index contributed by atoms with van der Waals surface area (Å²) in [5.74, 6) is -4.39. The molecule has 2 aliphatic heterocycles. The van der Waals surface area contributed by atoms with Crippen molar-refractivity contribution in [1.29, 1.82) is 0 Å². The Morgan fingerprint density at radius 2 is 2.00 bits per heavy atom. The number of nitrogens with zero attached hydrogens (tertiary/aromatic N) is 3. The number of hydrogen-bond acceptors (Lipinski definition) is 10. The van der Waals surface area contributed by atoms with Crippen molar-refractivity contribution in [3.8, 4) is 5.75 Å². The molecule has 1 aromatic heterocycles. The molecule has 39 heavy (non-hydrogen) atoms. The fourth-order valence-electron chi connectivity index (χ4n) is 4.55. The van der Waals surface area contributed by atoms with Gasteiger partial charge in [-0.2, -0.15) is 0 Å². The summed E-state index contributed by atoms with van der Waals surface area (Å²) < 4.78 is 5.42. The Bertz CT molecular complexity index is 1350. The van der Waals surface area contributed by atoms with Gasteiger partial charge in [-0.3, -0.25) is 19.3 Å². The Hall–Kier alpha value is -4.18. The quantitative estimate of drug-likeness (QED) is 0.216. The van der Waals surface area contributed by atoms with Crippen LogP contribution in [0.2, 0.25) is 0 Å². The Labute approximate surface area is 226 Å². The zero-order chi connectivity index (χ0) is 27.8. The summed E-state index contributed by atoms with van der Waals surface area (Å²) in [6, 6.07) is 2.09. The number of benzene rings is 1. The van der Waals surface area contributed by atoms with Gasteiger partial charge in [-0.15, -0.1) is 11.3 Å². The van der Waals surface area contributed by atoms with Crippen molar-refractivity contribution >= 4 is 53.3 Å². The normalized spacial score (nSPS) is 19.7. The van der Waals surface area contributed by atoms with E-state index in [0.717, 1.165) is 29.1 Å². The lowest BCUT2D eigenvalue weighted by Crippen LogP contribution is -2.60. The molecule has 5 amide bonds. The molecule has 0 bridgehead atoms. The van der Waals surface area contributed by atoms with E-state index < -0.39 is 48.8 Å². The monoisotopic (exact) mass is 556 g/mol. The molecule has 6 N–H and O–H groups in total. The molecule has 1 aromatic carbocycles. The molecule has 5 rings (SSSR count). The van der Waals surface area contributed by atoms with Crippen molar-refractivity contribution < 1.29 is 38.8 Å². The average molecular weight is 556 g/mol. The molecule has 1 saturated heterocycles. The molecule has 1 saturated carbocycles. The molecule has 1 aliphatic carbocycles. The van der Waals surface area contributed by atoms with Crippen LogP contribution in [0.25, 0.3) is 0 Å². The molecule has 3 heterocycles. The number of thiazole rings is 1. The van der Waals surface area contributed by atoms with E-state index in [9.17, 15) is 34.1 Å². The van der Waals surface area contributed by atoms with Crippen LogP contribution in [0.4, 0.5) is 9.93 Å². The van der Waals surface area contributed by atoms with E-state index in [1.54, 1.807) is 6.07 Å². The number of nitrogens with one attached hydrogen (secondary N) is 2. The molecule has 16 heteroatoms. The van der Waals surface area contributed by atoms with Crippen molar-refractivity contribution in [2.45, 2.75) is 31.2 Å². The molecule has 1 unspecified atom stereocenters. The van der Waals surface area contributed by atoms with Gasteiger partial charge in [0.2, 0.25) is 5.91 Å². The van der Waals surface area contributed by atoms with Crippen LogP contribution < -0.4 is 21.0 Å². The largest absolute Gasteiger partial charge is 0.547 e. The fraction of sp³-hybridized carbons (Fsp3) is 0.391. The number of carbonyl (C=O) groups excluding carboxylic acids is 4. The number of piperazine rings is 1. The standard InChI is InChI=1S/C23H25BN6O8S/c25-22-26-14(10-39-22)16(28-23(36)30-7-6-29(9-11-4-5-11)19(32)20(30)33)18(31)27-15-8-12-2-1-3-13(21(34)35)17(12)38-24(15)37/h1-3,10-11,15-16,37H,4-9H2,(H2,25,26)(H,27,31)(H,28,36)(H,34,35)/t15-,16?/m0/s1. The molecule has 0 radical (unpaired) electrons. The fourth-order valence-corrected chi connectivity index (χ4v) is 5.13. The Balaban J connectivity index is 1.30. The number of aromatic carboxylic acids is 1. The van der Waals surface area contributed by atoms with Gasteiger partial charge in [-0.05, 0) is 36.8 Å². The highest BCUT2D eigenvalue weighted by atomic mass is 32.1. The molecule has 3 aliphatic rings. The summed E-state index contributed by atoms with van der Waals surface area (Å²) in [6.45, 7) is 0.638. The number of amides is 5. The number of rotatable bonds is 7. The van der Waals surface area contributed by atoms with Gasteiger partial charge in [0, 0.05) is 25.0 Å². The van der Waals surface area contributed by atoms with Crippen molar-refractivity contribution in [3.63, 3.8) is 0 Å². The van der Waals surface area contributed by atoms with Crippen molar-refractivity contribution in [3.05, 3.63) is 40.4 Å². The summed E-state index contributed by atoms with van der Waals surface area (Å²) in [5.41, 5.74) is 6.15. The number of aromatic nitrogens is 1. The van der Waals surface area contributed by atoms with Crippen LogP contribution in [-0.4, -0.2) is 87.3 Å². The minimum atomic E-state index is -1.59. The van der Waals surface area contributed by atoms with Gasteiger partial charge in [0.05, 0.1) is 17.2 Å². The van der Waals surface area contributed by atoms with E-state index in [1.165, 1.54) is 22.4 Å². The van der Waals surface area contributed by atoms with Crippen LogP contribution in [0.3, 0.4) is 0 Å². The van der Waals surface area contributed by atoms with Crippen LogP contribution in [-0.2, 0) is 20.8 Å². The van der Waals surface area contributed by atoms with E-state index in [1.807, 2.05) is 0 Å². The highest BCUT2D eigenvalue weighted by Gasteiger charge is 2.42. The zero-order valence-electron chi connectivity index (χ0n) is 20.5. The summed E-state index contributed by atoms with van der Waals surface area (Å²) >= 11 is 1.03. The zero-order valence-corrected chi connectivity index (χ0v) is 21.3. The number of carboxylic acid groups (broad SMARTS) is 1. The first-order chi connectivity index (χ1) is 18.6. The van der Waals surface area contributed by atoms with Crippen LogP contribution in [0.15, 0.2) is 23.6 Å². The SMILES string of the molecule is Nc1nc(C(NC(=O)N2CCN(CC3CC3)C(=O)C2=O)C(=O)N[C@H]2Cc3cccc(C(=O)O)c3OB2O)cs1. The molecular formula is C23H25BN6O8S. The van der Waals surface area contributed by atoms with Crippen molar-refractivity contribution in [2.75, 3.05) is 25.4 Å². The number of para-hydroxylation sites is 1. The van der Waals surface area contributed by atoms with Crippen LogP contribution in [0, 0.1) is 5.92 Å². The minimum Gasteiger partial charge on any atom is -0.534 e. The predicted octanol–water partition coefficient (Wildman–Crippen LogP) is -0.605. The first kappa shape index (κ1) is 26.4.